The molecular formula is C10H20N4O. The van der Waals surface area contributed by atoms with Gasteiger partial charge in [-0.1, -0.05) is 25.4 Å². The monoisotopic (exact) mass is 212 g/mol. The summed E-state index contributed by atoms with van der Waals surface area (Å²) in [5.41, 5.74) is 5.40. The molecule has 0 amide bonds. The van der Waals surface area contributed by atoms with Gasteiger partial charge in [0, 0.05) is 19.0 Å². The number of nitrogens with one attached hydrogen (secondary N) is 1. The minimum atomic E-state index is 0.418. The average molecular weight is 212 g/mol. The SMILES string of the molecule is CCCC(CC)Nc1nnc(CCN)o1. The lowest BCUT2D eigenvalue weighted by Gasteiger charge is -2.13. The van der Waals surface area contributed by atoms with Crippen LogP contribution in [0.5, 0.6) is 0 Å². The van der Waals surface area contributed by atoms with E-state index in [0.29, 0.717) is 30.9 Å². The van der Waals surface area contributed by atoms with Crippen LogP contribution in [0.15, 0.2) is 4.42 Å². The number of anilines is 1. The molecule has 15 heavy (non-hydrogen) atoms. The zero-order valence-corrected chi connectivity index (χ0v) is 9.49. The molecule has 0 saturated heterocycles. The summed E-state index contributed by atoms with van der Waals surface area (Å²) in [5.74, 6) is 0.603. The molecule has 86 valence electrons. The summed E-state index contributed by atoms with van der Waals surface area (Å²) < 4.78 is 5.39. The van der Waals surface area contributed by atoms with Gasteiger partial charge in [0.15, 0.2) is 0 Å². The first kappa shape index (κ1) is 12.0. The first-order chi connectivity index (χ1) is 7.30. The summed E-state index contributed by atoms with van der Waals surface area (Å²) in [4.78, 5) is 0. The van der Waals surface area contributed by atoms with E-state index in [2.05, 4.69) is 29.4 Å². The van der Waals surface area contributed by atoms with Crippen LogP contribution >= 0.6 is 0 Å². The zero-order valence-electron chi connectivity index (χ0n) is 9.49. The molecule has 0 fully saturated rings. The standard InChI is InChI=1S/C10H20N4O/c1-3-5-8(4-2)12-10-14-13-9(15-10)6-7-11/h8H,3-7,11H2,1-2H3,(H,12,14). The highest BCUT2D eigenvalue weighted by molar-refractivity contribution is 5.19. The van der Waals surface area contributed by atoms with Crippen LogP contribution in [0.2, 0.25) is 0 Å². The van der Waals surface area contributed by atoms with Gasteiger partial charge in [-0.2, -0.15) is 0 Å². The summed E-state index contributed by atoms with van der Waals surface area (Å²) in [5, 5.41) is 11.0. The summed E-state index contributed by atoms with van der Waals surface area (Å²) in [6, 6.07) is 0.930. The Balaban J connectivity index is 2.47. The van der Waals surface area contributed by atoms with Gasteiger partial charge < -0.3 is 15.5 Å². The summed E-state index contributed by atoms with van der Waals surface area (Å²) in [7, 11) is 0. The highest BCUT2D eigenvalue weighted by atomic mass is 16.4. The fourth-order valence-electron chi connectivity index (χ4n) is 1.44. The van der Waals surface area contributed by atoms with Gasteiger partial charge in [-0.25, -0.2) is 0 Å². The Hall–Kier alpha value is -1.10. The van der Waals surface area contributed by atoms with Crippen molar-refractivity contribution in [2.45, 2.75) is 45.6 Å². The highest BCUT2D eigenvalue weighted by Gasteiger charge is 2.09. The largest absolute Gasteiger partial charge is 0.408 e. The van der Waals surface area contributed by atoms with Gasteiger partial charge in [0.1, 0.15) is 0 Å². The highest BCUT2D eigenvalue weighted by Crippen LogP contribution is 2.11. The molecule has 0 aromatic carbocycles. The molecule has 5 nitrogen and oxygen atoms in total. The molecule has 5 heteroatoms. The van der Waals surface area contributed by atoms with Crippen LogP contribution in [0.3, 0.4) is 0 Å². The molecule has 1 unspecified atom stereocenters. The van der Waals surface area contributed by atoms with E-state index in [1.165, 1.54) is 0 Å². The van der Waals surface area contributed by atoms with Crippen molar-refractivity contribution in [3.63, 3.8) is 0 Å². The first-order valence-electron chi connectivity index (χ1n) is 5.59. The molecule has 1 aromatic heterocycles. The summed E-state index contributed by atoms with van der Waals surface area (Å²) in [6.07, 6.45) is 3.96. The maximum Gasteiger partial charge on any atom is 0.315 e. The van der Waals surface area contributed by atoms with Crippen LogP contribution in [-0.4, -0.2) is 22.8 Å². The Morgan fingerprint density at radius 3 is 2.80 bits per heavy atom. The van der Waals surface area contributed by atoms with Gasteiger partial charge in [0.25, 0.3) is 0 Å². The molecule has 1 heterocycles. The fraction of sp³-hybridized carbons (Fsp3) is 0.800. The van der Waals surface area contributed by atoms with E-state index in [0.717, 1.165) is 19.3 Å². The van der Waals surface area contributed by atoms with Crippen molar-refractivity contribution in [3.8, 4) is 0 Å². The van der Waals surface area contributed by atoms with Gasteiger partial charge in [-0.05, 0) is 12.8 Å². The molecule has 0 aliphatic rings. The van der Waals surface area contributed by atoms with Crippen LogP contribution in [0, 0.1) is 0 Å². The van der Waals surface area contributed by atoms with Crippen molar-refractivity contribution < 1.29 is 4.42 Å². The predicted molar refractivity (Wildman–Crippen MR) is 59.7 cm³/mol. The fourth-order valence-corrected chi connectivity index (χ4v) is 1.44. The van der Waals surface area contributed by atoms with Gasteiger partial charge in [-0.15, -0.1) is 5.10 Å². The van der Waals surface area contributed by atoms with Crippen LogP contribution in [-0.2, 0) is 6.42 Å². The van der Waals surface area contributed by atoms with Crippen molar-refractivity contribution in [1.29, 1.82) is 0 Å². The van der Waals surface area contributed by atoms with Crippen LogP contribution < -0.4 is 11.1 Å². The lowest BCUT2D eigenvalue weighted by molar-refractivity contribution is 0.492. The number of hydrogen-bond donors (Lipinski definition) is 2. The summed E-state index contributed by atoms with van der Waals surface area (Å²) in [6.45, 7) is 4.84. The van der Waals surface area contributed by atoms with Gasteiger partial charge in [-0.3, -0.25) is 0 Å². The van der Waals surface area contributed by atoms with E-state index in [4.69, 9.17) is 10.2 Å². The van der Waals surface area contributed by atoms with E-state index in [-0.39, 0.29) is 0 Å². The summed E-state index contributed by atoms with van der Waals surface area (Å²) >= 11 is 0. The van der Waals surface area contributed by atoms with E-state index >= 15 is 0 Å². The third-order valence-corrected chi connectivity index (χ3v) is 2.28. The molecule has 1 rings (SSSR count). The van der Waals surface area contributed by atoms with Gasteiger partial charge in [0.05, 0.1) is 0 Å². The second-order valence-electron chi connectivity index (χ2n) is 3.58. The topological polar surface area (TPSA) is 77.0 Å². The molecule has 0 aliphatic heterocycles. The third kappa shape index (κ3) is 3.87. The zero-order chi connectivity index (χ0) is 11.1. The molecule has 1 aromatic rings. The van der Waals surface area contributed by atoms with E-state index in [1.807, 2.05) is 0 Å². The lowest BCUT2D eigenvalue weighted by atomic mass is 10.1. The van der Waals surface area contributed by atoms with Crippen molar-refractivity contribution >= 4 is 6.01 Å². The van der Waals surface area contributed by atoms with Crippen molar-refractivity contribution in [1.82, 2.24) is 10.2 Å². The minimum Gasteiger partial charge on any atom is -0.408 e. The van der Waals surface area contributed by atoms with Crippen LogP contribution in [0.4, 0.5) is 6.01 Å². The molecule has 0 saturated carbocycles. The quantitative estimate of drug-likeness (QED) is 0.717. The number of nitrogens with zero attached hydrogens (tertiary/aromatic N) is 2. The second-order valence-corrected chi connectivity index (χ2v) is 3.58. The van der Waals surface area contributed by atoms with Crippen LogP contribution in [0.1, 0.15) is 39.0 Å². The Morgan fingerprint density at radius 1 is 1.40 bits per heavy atom. The molecular weight excluding hydrogens is 192 g/mol. The smallest absolute Gasteiger partial charge is 0.315 e. The van der Waals surface area contributed by atoms with Gasteiger partial charge >= 0.3 is 6.01 Å². The molecule has 0 radical (unpaired) electrons. The maximum absolute atomic E-state index is 5.40. The maximum atomic E-state index is 5.40. The van der Waals surface area contributed by atoms with E-state index < -0.39 is 0 Å². The van der Waals surface area contributed by atoms with E-state index in [1.54, 1.807) is 0 Å². The Labute approximate surface area is 90.4 Å². The lowest BCUT2D eigenvalue weighted by Crippen LogP contribution is -2.18. The van der Waals surface area contributed by atoms with Gasteiger partial charge in [0.2, 0.25) is 5.89 Å². The Kier molecular flexibility index (Phi) is 5.10. The van der Waals surface area contributed by atoms with Crippen molar-refractivity contribution in [2.75, 3.05) is 11.9 Å². The number of aromatic nitrogens is 2. The van der Waals surface area contributed by atoms with Crippen molar-refractivity contribution in [3.05, 3.63) is 5.89 Å². The number of rotatable bonds is 7. The second kappa shape index (κ2) is 6.40. The average Bonchev–Trinajstić information content (AvgIpc) is 2.66. The number of hydrogen-bond acceptors (Lipinski definition) is 5. The first-order valence-corrected chi connectivity index (χ1v) is 5.59. The molecule has 3 N–H and O–H groups in total. The molecule has 0 spiro atoms. The Bertz CT molecular complexity index is 274. The molecule has 1 atom stereocenters. The normalized spacial score (nSPS) is 12.7. The van der Waals surface area contributed by atoms with Crippen molar-refractivity contribution in [2.24, 2.45) is 5.73 Å². The third-order valence-electron chi connectivity index (χ3n) is 2.28. The predicted octanol–water partition coefficient (Wildman–Crippen LogP) is 1.56. The van der Waals surface area contributed by atoms with Crippen LogP contribution in [0.25, 0.3) is 0 Å². The van der Waals surface area contributed by atoms with E-state index in [9.17, 15) is 0 Å². The minimum absolute atomic E-state index is 0.418. The Morgan fingerprint density at radius 2 is 2.20 bits per heavy atom. The molecule has 0 aliphatic carbocycles. The molecule has 0 bridgehead atoms. The number of nitrogens with two attached hydrogens (primary N) is 1.